The molecule has 0 radical (unpaired) electrons. The van der Waals surface area contributed by atoms with Crippen molar-refractivity contribution in [1.29, 1.82) is 0 Å². The fourth-order valence-electron chi connectivity index (χ4n) is 3.90. The number of fused-ring (bicyclic) bond motifs is 1. The SMILES string of the molecule is CCCCCCNC(=O)c1cc2c(OCC)cccc2n1CCCc1ccccc1. The number of nitrogens with zero attached hydrogens (tertiary/aromatic N) is 1. The second-order valence-electron chi connectivity index (χ2n) is 7.71. The predicted octanol–water partition coefficient (Wildman–Crippen LogP) is 5.98. The Balaban J connectivity index is 1.79. The molecular weight excluding hydrogens is 372 g/mol. The van der Waals surface area contributed by atoms with Crippen molar-refractivity contribution in [3.05, 3.63) is 65.9 Å². The average Bonchev–Trinajstić information content (AvgIpc) is 3.14. The van der Waals surface area contributed by atoms with E-state index in [1.807, 2.05) is 31.2 Å². The van der Waals surface area contributed by atoms with E-state index < -0.39 is 0 Å². The summed E-state index contributed by atoms with van der Waals surface area (Å²) in [5.41, 5.74) is 3.11. The Kier molecular flexibility index (Phi) is 8.37. The number of aromatic nitrogens is 1. The Bertz CT molecular complexity index is 931. The maximum atomic E-state index is 13.0. The number of ether oxygens (including phenoxy) is 1. The molecule has 3 rings (SSSR count). The van der Waals surface area contributed by atoms with Gasteiger partial charge in [-0.3, -0.25) is 4.79 Å². The standard InChI is InChI=1S/C26H34N2O2/c1-3-5-6-10-18-27-26(29)24-20-22-23(16-11-17-25(22)30-4-2)28(24)19-12-15-21-13-8-7-9-14-21/h7-9,11,13-14,16-17,20H,3-6,10,12,15,18-19H2,1-2H3,(H,27,29). The van der Waals surface area contributed by atoms with Crippen LogP contribution in [0.3, 0.4) is 0 Å². The van der Waals surface area contributed by atoms with Crippen LogP contribution < -0.4 is 10.1 Å². The number of carbonyl (C=O) groups excluding carboxylic acids is 1. The normalized spacial score (nSPS) is 11.0. The summed E-state index contributed by atoms with van der Waals surface area (Å²) >= 11 is 0. The van der Waals surface area contributed by atoms with Gasteiger partial charge in [-0.2, -0.15) is 0 Å². The smallest absolute Gasteiger partial charge is 0.267 e. The zero-order valence-electron chi connectivity index (χ0n) is 18.3. The van der Waals surface area contributed by atoms with Crippen molar-refractivity contribution >= 4 is 16.8 Å². The highest BCUT2D eigenvalue weighted by atomic mass is 16.5. The molecule has 30 heavy (non-hydrogen) atoms. The number of carbonyl (C=O) groups is 1. The van der Waals surface area contributed by atoms with Crippen LogP contribution in [0.1, 0.15) is 62.0 Å². The fraction of sp³-hybridized carbons (Fsp3) is 0.423. The molecule has 0 unspecified atom stereocenters. The van der Waals surface area contributed by atoms with Crippen LogP contribution in [-0.2, 0) is 13.0 Å². The van der Waals surface area contributed by atoms with Crippen LogP contribution in [0, 0.1) is 0 Å². The van der Waals surface area contributed by atoms with Crippen LogP contribution in [0.15, 0.2) is 54.6 Å². The maximum absolute atomic E-state index is 13.0. The summed E-state index contributed by atoms with van der Waals surface area (Å²) < 4.78 is 7.98. The first kappa shape index (κ1) is 21.9. The largest absolute Gasteiger partial charge is 0.493 e. The summed E-state index contributed by atoms with van der Waals surface area (Å²) in [6.45, 7) is 6.31. The molecule has 0 aliphatic heterocycles. The summed E-state index contributed by atoms with van der Waals surface area (Å²) in [7, 11) is 0. The third-order valence-electron chi connectivity index (χ3n) is 5.44. The molecule has 1 N–H and O–H groups in total. The lowest BCUT2D eigenvalue weighted by Crippen LogP contribution is -2.27. The van der Waals surface area contributed by atoms with Crippen LogP contribution in [0.2, 0.25) is 0 Å². The van der Waals surface area contributed by atoms with Crippen molar-refractivity contribution in [1.82, 2.24) is 9.88 Å². The van der Waals surface area contributed by atoms with Gasteiger partial charge in [-0.05, 0) is 49.9 Å². The molecule has 2 aromatic carbocycles. The van der Waals surface area contributed by atoms with Gasteiger partial charge in [0.2, 0.25) is 0 Å². The van der Waals surface area contributed by atoms with E-state index in [1.54, 1.807) is 0 Å². The molecular formula is C26H34N2O2. The van der Waals surface area contributed by atoms with Crippen LogP contribution in [0.25, 0.3) is 10.9 Å². The molecule has 160 valence electrons. The Morgan fingerprint density at radius 2 is 1.80 bits per heavy atom. The molecule has 0 saturated heterocycles. The molecule has 0 atom stereocenters. The lowest BCUT2D eigenvalue weighted by molar-refractivity contribution is 0.0944. The molecule has 0 fully saturated rings. The summed E-state index contributed by atoms with van der Waals surface area (Å²) in [6, 6.07) is 18.6. The van der Waals surface area contributed by atoms with Crippen LogP contribution in [0.5, 0.6) is 5.75 Å². The molecule has 1 aromatic heterocycles. The van der Waals surface area contributed by atoms with E-state index in [9.17, 15) is 4.79 Å². The van der Waals surface area contributed by atoms with Crippen molar-refractivity contribution in [2.45, 2.75) is 58.9 Å². The maximum Gasteiger partial charge on any atom is 0.267 e. The Morgan fingerprint density at radius 3 is 2.57 bits per heavy atom. The summed E-state index contributed by atoms with van der Waals surface area (Å²) in [4.78, 5) is 13.0. The molecule has 4 heteroatoms. The first-order valence-electron chi connectivity index (χ1n) is 11.3. The first-order valence-corrected chi connectivity index (χ1v) is 11.3. The zero-order valence-corrected chi connectivity index (χ0v) is 18.3. The van der Waals surface area contributed by atoms with Gasteiger partial charge in [0.1, 0.15) is 11.4 Å². The number of hydrogen-bond acceptors (Lipinski definition) is 2. The molecule has 4 nitrogen and oxygen atoms in total. The van der Waals surface area contributed by atoms with E-state index in [2.05, 4.69) is 47.1 Å². The second kappa shape index (κ2) is 11.4. The minimum Gasteiger partial charge on any atom is -0.493 e. The second-order valence-corrected chi connectivity index (χ2v) is 7.71. The van der Waals surface area contributed by atoms with E-state index >= 15 is 0 Å². The van der Waals surface area contributed by atoms with Gasteiger partial charge in [0.25, 0.3) is 5.91 Å². The molecule has 1 amide bonds. The summed E-state index contributed by atoms with van der Waals surface area (Å²) in [5.74, 6) is 0.846. The molecule has 1 heterocycles. The molecule has 0 saturated carbocycles. The number of aryl methyl sites for hydroxylation is 2. The topological polar surface area (TPSA) is 43.3 Å². The van der Waals surface area contributed by atoms with E-state index in [0.717, 1.165) is 61.1 Å². The Hall–Kier alpha value is -2.75. The first-order chi connectivity index (χ1) is 14.7. The number of nitrogens with one attached hydrogen (secondary N) is 1. The summed E-state index contributed by atoms with van der Waals surface area (Å²) in [6.07, 6.45) is 6.56. The van der Waals surface area contributed by atoms with E-state index in [1.165, 1.54) is 18.4 Å². The van der Waals surface area contributed by atoms with Gasteiger partial charge in [0.15, 0.2) is 0 Å². The van der Waals surface area contributed by atoms with Crippen LogP contribution >= 0.6 is 0 Å². The molecule has 0 spiro atoms. The summed E-state index contributed by atoms with van der Waals surface area (Å²) in [5, 5.41) is 4.13. The van der Waals surface area contributed by atoms with Gasteiger partial charge in [-0.1, -0.05) is 62.6 Å². The van der Waals surface area contributed by atoms with Gasteiger partial charge in [-0.15, -0.1) is 0 Å². The van der Waals surface area contributed by atoms with E-state index in [4.69, 9.17) is 4.74 Å². The fourth-order valence-corrected chi connectivity index (χ4v) is 3.90. The molecule has 0 aliphatic rings. The lowest BCUT2D eigenvalue weighted by atomic mass is 10.1. The van der Waals surface area contributed by atoms with Crippen LogP contribution in [0.4, 0.5) is 0 Å². The van der Waals surface area contributed by atoms with Crippen molar-refractivity contribution in [2.24, 2.45) is 0 Å². The third-order valence-corrected chi connectivity index (χ3v) is 5.44. The molecule has 0 aliphatic carbocycles. The van der Waals surface area contributed by atoms with Crippen molar-refractivity contribution in [3.63, 3.8) is 0 Å². The third kappa shape index (κ3) is 5.65. The number of benzene rings is 2. The van der Waals surface area contributed by atoms with Crippen molar-refractivity contribution < 1.29 is 9.53 Å². The monoisotopic (exact) mass is 406 g/mol. The van der Waals surface area contributed by atoms with Gasteiger partial charge >= 0.3 is 0 Å². The highest BCUT2D eigenvalue weighted by Gasteiger charge is 2.17. The average molecular weight is 407 g/mol. The number of unbranched alkanes of at least 4 members (excludes halogenated alkanes) is 3. The molecule has 0 bridgehead atoms. The van der Waals surface area contributed by atoms with Crippen LogP contribution in [-0.4, -0.2) is 23.6 Å². The minimum absolute atomic E-state index is 0.00450. The van der Waals surface area contributed by atoms with E-state index in [0.29, 0.717) is 6.61 Å². The van der Waals surface area contributed by atoms with Crippen molar-refractivity contribution in [2.75, 3.05) is 13.2 Å². The van der Waals surface area contributed by atoms with Gasteiger partial charge < -0.3 is 14.6 Å². The quantitative estimate of drug-likeness (QED) is 0.376. The Labute approximate surface area is 180 Å². The number of rotatable bonds is 12. The highest BCUT2D eigenvalue weighted by molar-refractivity contribution is 6.00. The van der Waals surface area contributed by atoms with Gasteiger partial charge in [0, 0.05) is 18.5 Å². The van der Waals surface area contributed by atoms with E-state index in [-0.39, 0.29) is 5.91 Å². The minimum atomic E-state index is 0.00450. The number of amides is 1. The number of hydrogen-bond donors (Lipinski definition) is 1. The highest BCUT2D eigenvalue weighted by Crippen LogP contribution is 2.29. The zero-order chi connectivity index (χ0) is 21.2. The van der Waals surface area contributed by atoms with Gasteiger partial charge in [0.05, 0.1) is 12.1 Å². The van der Waals surface area contributed by atoms with Gasteiger partial charge in [-0.25, -0.2) is 0 Å². The molecule has 3 aromatic rings. The lowest BCUT2D eigenvalue weighted by Gasteiger charge is -2.12. The predicted molar refractivity (Wildman–Crippen MR) is 124 cm³/mol. The van der Waals surface area contributed by atoms with Crippen molar-refractivity contribution in [3.8, 4) is 5.75 Å². The Morgan fingerprint density at radius 1 is 0.967 bits per heavy atom.